The largest absolute Gasteiger partial charge is 0.475 e. The number of hydrogen-bond donors (Lipinski definition) is 2. The lowest BCUT2D eigenvalue weighted by Gasteiger charge is -2.31. The SMILES string of the molecule is CNCC1CCCN(Cc2ccc(C(=O)O)o2)C1. The zero-order chi connectivity index (χ0) is 13.0. The summed E-state index contributed by atoms with van der Waals surface area (Å²) in [4.78, 5) is 13.1. The Morgan fingerprint density at radius 2 is 2.44 bits per heavy atom. The van der Waals surface area contributed by atoms with Crippen molar-refractivity contribution in [2.24, 2.45) is 5.92 Å². The summed E-state index contributed by atoms with van der Waals surface area (Å²) in [5.74, 6) is 0.428. The summed E-state index contributed by atoms with van der Waals surface area (Å²) >= 11 is 0. The van der Waals surface area contributed by atoms with E-state index >= 15 is 0 Å². The van der Waals surface area contributed by atoms with Gasteiger partial charge in [-0.05, 0) is 51.0 Å². The van der Waals surface area contributed by atoms with E-state index in [0.717, 1.165) is 25.4 Å². The van der Waals surface area contributed by atoms with Crippen molar-refractivity contribution in [3.8, 4) is 0 Å². The van der Waals surface area contributed by atoms with E-state index in [0.29, 0.717) is 12.5 Å². The van der Waals surface area contributed by atoms with Gasteiger partial charge in [0.05, 0.1) is 6.54 Å². The van der Waals surface area contributed by atoms with Crippen LogP contribution in [0.1, 0.15) is 29.2 Å². The second-order valence-corrected chi connectivity index (χ2v) is 4.87. The zero-order valence-corrected chi connectivity index (χ0v) is 10.7. The second-order valence-electron chi connectivity index (χ2n) is 4.87. The van der Waals surface area contributed by atoms with Gasteiger partial charge in [-0.15, -0.1) is 0 Å². The quantitative estimate of drug-likeness (QED) is 0.829. The smallest absolute Gasteiger partial charge is 0.371 e. The molecule has 18 heavy (non-hydrogen) atoms. The fourth-order valence-corrected chi connectivity index (χ4v) is 2.55. The van der Waals surface area contributed by atoms with Crippen LogP contribution < -0.4 is 5.32 Å². The normalized spacial score (nSPS) is 21.1. The molecule has 100 valence electrons. The van der Waals surface area contributed by atoms with Gasteiger partial charge in [0.25, 0.3) is 0 Å². The first kappa shape index (κ1) is 13.1. The molecule has 1 atom stereocenters. The zero-order valence-electron chi connectivity index (χ0n) is 10.7. The molecule has 2 heterocycles. The van der Waals surface area contributed by atoms with Crippen molar-refractivity contribution in [2.45, 2.75) is 19.4 Å². The Morgan fingerprint density at radius 3 is 3.11 bits per heavy atom. The highest BCUT2D eigenvalue weighted by Crippen LogP contribution is 2.19. The number of piperidine rings is 1. The van der Waals surface area contributed by atoms with Crippen molar-refractivity contribution in [3.05, 3.63) is 23.7 Å². The Bertz CT molecular complexity index is 401. The maximum Gasteiger partial charge on any atom is 0.371 e. The Balaban J connectivity index is 1.89. The van der Waals surface area contributed by atoms with E-state index in [-0.39, 0.29) is 5.76 Å². The number of carbonyl (C=O) groups is 1. The van der Waals surface area contributed by atoms with Crippen LogP contribution in [0.25, 0.3) is 0 Å². The molecule has 1 aliphatic rings. The molecule has 0 aromatic carbocycles. The van der Waals surface area contributed by atoms with Gasteiger partial charge < -0.3 is 14.8 Å². The second kappa shape index (κ2) is 6.02. The Labute approximate surface area is 107 Å². The van der Waals surface area contributed by atoms with Crippen LogP contribution in [-0.4, -0.2) is 42.7 Å². The van der Waals surface area contributed by atoms with Gasteiger partial charge in [0, 0.05) is 6.54 Å². The van der Waals surface area contributed by atoms with Gasteiger partial charge in [-0.1, -0.05) is 0 Å². The Hall–Kier alpha value is -1.33. The highest BCUT2D eigenvalue weighted by atomic mass is 16.4. The van der Waals surface area contributed by atoms with Crippen molar-refractivity contribution in [2.75, 3.05) is 26.7 Å². The topological polar surface area (TPSA) is 65.7 Å². The number of rotatable bonds is 5. The van der Waals surface area contributed by atoms with Crippen LogP contribution in [0.3, 0.4) is 0 Å². The van der Waals surface area contributed by atoms with Crippen molar-refractivity contribution in [1.82, 2.24) is 10.2 Å². The summed E-state index contributed by atoms with van der Waals surface area (Å²) in [7, 11) is 1.98. The van der Waals surface area contributed by atoms with E-state index < -0.39 is 5.97 Å². The van der Waals surface area contributed by atoms with Gasteiger partial charge in [0.2, 0.25) is 5.76 Å². The number of nitrogens with zero attached hydrogens (tertiary/aromatic N) is 1. The number of aromatic carboxylic acids is 1. The van der Waals surface area contributed by atoms with Crippen LogP contribution >= 0.6 is 0 Å². The van der Waals surface area contributed by atoms with Crippen LogP contribution in [0.4, 0.5) is 0 Å². The predicted molar refractivity (Wildman–Crippen MR) is 67.6 cm³/mol. The molecule has 0 amide bonds. The monoisotopic (exact) mass is 252 g/mol. The Morgan fingerprint density at radius 1 is 1.61 bits per heavy atom. The van der Waals surface area contributed by atoms with Gasteiger partial charge >= 0.3 is 5.97 Å². The average molecular weight is 252 g/mol. The number of hydrogen-bond acceptors (Lipinski definition) is 4. The summed E-state index contributed by atoms with van der Waals surface area (Å²) in [6.07, 6.45) is 2.45. The number of carboxylic acid groups (broad SMARTS) is 1. The summed E-state index contributed by atoms with van der Waals surface area (Å²) in [6, 6.07) is 3.28. The minimum Gasteiger partial charge on any atom is -0.475 e. The molecular formula is C13H20N2O3. The minimum atomic E-state index is -1.01. The third-order valence-corrected chi connectivity index (χ3v) is 3.35. The van der Waals surface area contributed by atoms with Gasteiger partial charge in [0.1, 0.15) is 5.76 Å². The Kier molecular flexibility index (Phi) is 4.38. The molecule has 1 unspecified atom stereocenters. The molecule has 2 N–H and O–H groups in total. The lowest BCUT2D eigenvalue weighted by molar-refractivity contribution is 0.0656. The van der Waals surface area contributed by atoms with E-state index in [2.05, 4.69) is 10.2 Å². The molecule has 5 nitrogen and oxygen atoms in total. The molecule has 0 aliphatic carbocycles. The van der Waals surface area contributed by atoms with Crippen molar-refractivity contribution in [1.29, 1.82) is 0 Å². The summed E-state index contributed by atoms with van der Waals surface area (Å²) < 4.78 is 5.29. The molecule has 1 aromatic rings. The van der Waals surface area contributed by atoms with Crippen LogP contribution in [-0.2, 0) is 6.54 Å². The third kappa shape index (κ3) is 3.34. The van der Waals surface area contributed by atoms with Crippen molar-refractivity contribution < 1.29 is 14.3 Å². The fourth-order valence-electron chi connectivity index (χ4n) is 2.55. The summed E-state index contributed by atoms with van der Waals surface area (Å²) in [6.45, 7) is 3.84. The highest BCUT2D eigenvalue weighted by Gasteiger charge is 2.20. The molecule has 0 spiro atoms. The van der Waals surface area contributed by atoms with E-state index in [4.69, 9.17) is 9.52 Å². The van der Waals surface area contributed by atoms with Crippen molar-refractivity contribution in [3.63, 3.8) is 0 Å². The fraction of sp³-hybridized carbons (Fsp3) is 0.615. The molecule has 1 fully saturated rings. The number of carboxylic acids is 1. The lowest BCUT2D eigenvalue weighted by Crippen LogP contribution is -2.38. The van der Waals surface area contributed by atoms with Crippen LogP contribution in [0, 0.1) is 5.92 Å². The first-order valence-electron chi connectivity index (χ1n) is 6.38. The van der Waals surface area contributed by atoms with E-state index in [1.54, 1.807) is 6.07 Å². The van der Waals surface area contributed by atoms with Gasteiger partial charge in [-0.3, -0.25) is 4.90 Å². The predicted octanol–water partition coefficient (Wildman–Crippen LogP) is 1.41. The van der Waals surface area contributed by atoms with Crippen molar-refractivity contribution >= 4 is 5.97 Å². The molecule has 0 bridgehead atoms. The van der Waals surface area contributed by atoms with E-state index in [9.17, 15) is 4.79 Å². The lowest BCUT2D eigenvalue weighted by atomic mass is 9.98. The maximum absolute atomic E-state index is 10.7. The summed E-state index contributed by atoms with van der Waals surface area (Å²) in [5, 5.41) is 12.0. The summed E-state index contributed by atoms with van der Waals surface area (Å²) in [5.41, 5.74) is 0. The van der Waals surface area contributed by atoms with E-state index in [1.807, 2.05) is 7.05 Å². The van der Waals surface area contributed by atoms with Crippen LogP contribution in [0.2, 0.25) is 0 Å². The molecule has 1 saturated heterocycles. The van der Waals surface area contributed by atoms with Gasteiger partial charge in [-0.25, -0.2) is 4.79 Å². The van der Waals surface area contributed by atoms with Gasteiger partial charge in [-0.2, -0.15) is 0 Å². The number of nitrogens with one attached hydrogen (secondary N) is 1. The highest BCUT2D eigenvalue weighted by molar-refractivity contribution is 5.84. The first-order valence-corrected chi connectivity index (χ1v) is 6.38. The average Bonchev–Trinajstić information content (AvgIpc) is 2.78. The van der Waals surface area contributed by atoms with Gasteiger partial charge in [0.15, 0.2) is 0 Å². The number of likely N-dealkylation sites (tertiary alicyclic amines) is 1. The third-order valence-electron chi connectivity index (χ3n) is 3.35. The molecule has 1 aliphatic heterocycles. The maximum atomic E-state index is 10.7. The van der Waals surface area contributed by atoms with Crippen LogP contribution in [0.15, 0.2) is 16.5 Å². The molecule has 2 rings (SSSR count). The molecule has 5 heteroatoms. The molecule has 0 saturated carbocycles. The molecule has 1 aromatic heterocycles. The van der Waals surface area contributed by atoms with E-state index in [1.165, 1.54) is 18.9 Å². The first-order chi connectivity index (χ1) is 8.69. The minimum absolute atomic E-state index is 0.0220. The molecular weight excluding hydrogens is 232 g/mol. The number of furan rings is 1. The van der Waals surface area contributed by atoms with Crippen LogP contribution in [0.5, 0.6) is 0 Å². The molecule has 0 radical (unpaired) electrons. The standard InChI is InChI=1S/C13H20N2O3/c1-14-7-10-3-2-6-15(8-10)9-11-4-5-12(18-11)13(16)17/h4-5,10,14H,2-3,6-9H2,1H3,(H,16,17).